The van der Waals surface area contributed by atoms with Gasteiger partial charge in [-0.15, -0.1) is 0 Å². The Balaban J connectivity index is 1.44. The number of carbonyl (C=O) groups is 2. The Bertz CT molecular complexity index is 1410. The molecule has 2 aromatic rings. The molecular weight excluding hydrogens is 568 g/mol. The van der Waals surface area contributed by atoms with E-state index in [1.54, 1.807) is 44.2 Å². The number of benzene rings is 2. The summed E-state index contributed by atoms with van der Waals surface area (Å²) in [6, 6.07) is 14.6. The van der Waals surface area contributed by atoms with Crippen molar-refractivity contribution < 1.29 is 33.8 Å². The number of hydrogen-bond acceptors (Lipinski definition) is 11. The summed E-state index contributed by atoms with van der Waals surface area (Å²) in [5, 5.41) is 33.6. The summed E-state index contributed by atoms with van der Waals surface area (Å²) in [6.45, 7) is 4.70. The molecule has 0 bridgehead atoms. The minimum atomic E-state index is -0.929. The fraction of sp³-hybridized carbons (Fsp3) is 0.438. The fourth-order valence-corrected chi connectivity index (χ4v) is 5.02. The van der Waals surface area contributed by atoms with E-state index in [0.717, 1.165) is 19.3 Å². The number of aliphatic hydroxyl groups is 1. The molecule has 3 atom stereocenters. The van der Waals surface area contributed by atoms with Gasteiger partial charge in [-0.2, -0.15) is 5.26 Å². The van der Waals surface area contributed by atoms with Crippen LogP contribution in [0.3, 0.4) is 0 Å². The van der Waals surface area contributed by atoms with Crippen LogP contribution >= 0.6 is 0 Å². The maximum atomic E-state index is 13.3. The highest BCUT2D eigenvalue weighted by molar-refractivity contribution is 6.07. The van der Waals surface area contributed by atoms with E-state index in [2.05, 4.69) is 10.3 Å². The number of hydrogen-bond donors (Lipinski definition) is 2. The van der Waals surface area contributed by atoms with Crippen LogP contribution in [0.15, 0.2) is 64.8 Å². The van der Waals surface area contributed by atoms with Crippen molar-refractivity contribution in [2.75, 3.05) is 33.4 Å². The molecular formula is C32H38N4O8. The van der Waals surface area contributed by atoms with Crippen LogP contribution in [0.25, 0.3) is 0 Å². The van der Waals surface area contributed by atoms with Gasteiger partial charge in [-0.05, 0) is 63.1 Å². The fourth-order valence-electron chi connectivity index (χ4n) is 5.02. The molecule has 44 heavy (non-hydrogen) atoms. The topological polar surface area (TPSA) is 173 Å². The lowest BCUT2D eigenvalue weighted by molar-refractivity contribution is -0.384. The highest BCUT2D eigenvalue weighted by atomic mass is 16.6. The number of nitro benzene ring substituents is 1. The van der Waals surface area contributed by atoms with E-state index in [0.29, 0.717) is 47.8 Å². The lowest BCUT2D eigenvalue weighted by atomic mass is 9.75. The number of aliphatic hydroxyl groups excluding tert-OH is 1. The van der Waals surface area contributed by atoms with Crippen molar-refractivity contribution >= 4 is 23.3 Å². The molecule has 1 heterocycles. The van der Waals surface area contributed by atoms with Crippen molar-refractivity contribution in [3.8, 4) is 11.8 Å². The summed E-state index contributed by atoms with van der Waals surface area (Å²) >= 11 is 0. The Morgan fingerprint density at radius 2 is 1.86 bits per heavy atom. The highest BCUT2D eigenvalue weighted by Crippen LogP contribution is 2.41. The molecule has 0 spiro atoms. The van der Waals surface area contributed by atoms with E-state index in [1.165, 1.54) is 25.3 Å². The number of non-ortho nitro benzene ring substituents is 1. The Labute approximate surface area is 256 Å². The zero-order valence-electron chi connectivity index (χ0n) is 25.2. The zero-order chi connectivity index (χ0) is 32.1. The summed E-state index contributed by atoms with van der Waals surface area (Å²) in [5.74, 6) is -2.40. The van der Waals surface area contributed by atoms with E-state index in [4.69, 9.17) is 19.5 Å². The Morgan fingerprint density at radius 3 is 2.55 bits per heavy atom. The lowest BCUT2D eigenvalue weighted by Gasteiger charge is -2.31. The number of carbonyl (C=O) groups excluding carboxylic acids is 2. The number of esters is 2. The first-order valence-corrected chi connectivity index (χ1v) is 14.4. The highest BCUT2D eigenvalue weighted by Gasteiger charge is 2.42. The second kappa shape index (κ2) is 16.9. The monoisotopic (exact) mass is 606 g/mol. The van der Waals surface area contributed by atoms with Gasteiger partial charge in [0.2, 0.25) is 0 Å². The Kier molecular flexibility index (Phi) is 13.0. The maximum absolute atomic E-state index is 13.3. The lowest BCUT2D eigenvalue weighted by Crippen LogP contribution is -2.36. The molecule has 1 aliphatic rings. The molecule has 0 fully saturated rings. The standard InChI is InChI=1S/C32H38N4O8/c1-21-28(31(38)42-3)30(24-9-8-10-25(17-24)36(40)41)29(22(2)35-21)32(39)43-16-7-5-4-6-15-34-19-26(37)20-44-27-13-11-23(18-33)12-14-27/h8-14,17,26,28,30,34,37H,4-7,15-16,19-20H2,1-3H3. The van der Waals surface area contributed by atoms with Crippen molar-refractivity contribution in [2.24, 2.45) is 10.9 Å². The smallest absolute Gasteiger partial charge is 0.336 e. The van der Waals surface area contributed by atoms with Crippen molar-refractivity contribution in [1.82, 2.24) is 5.32 Å². The molecule has 0 amide bonds. The normalized spacial score (nSPS) is 16.8. The molecule has 2 aromatic carbocycles. The second-order valence-electron chi connectivity index (χ2n) is 10.4. The molecule has 12 nitrogen and oxygen atoms in total. The number of nitro groups is 1. The third-order valence-corrected chi connectivity index (χ3v) is 7.23. The second-order valence-corrected chi connectivity index (χ2v) is 10.4. The van der Waals surface area contributed by atoms with Gasteiger partial charge in [0.1, 0.15) is 24.4 Å². The molecule has 3 rings (SSSR count). The number of rotatable bonds is 16. The molecule has 0 saturated heterocycles. The maximum Gasteiger partial charge on any atom is 0.336 e. The van der Waals surface area contributed by atoms with E-state index in [9.17, 15) is 24.8 Å². The van der Waals surface area contributed by atoms with Crippen LogP contribution in [0.5, 0.6) is 5.75 Å². The average molecular weight is 607 g/mol. The Morgan fingerprint density at radius 1 is 1.14 bits per heavy atom. The molecule has 3 unspecified atom stereocenters. The molecule has 12 heteroatoms. The van der Waals surface area contributed by atoms with Crippen LogP contribution in [-0.4, -0.2) is 67.2 Å². The van der Waals surface area contributed by atoms with E-state index in [-0.39, 0.29) is 24.5 Å². The molecule has 234 valence electrons. The van der Waals surface area contributed by atoms with Crippen LogP contribution in [-0.2, 0) is 19.1 Å². The van der Waals surface area contributed by atoms with Gasteiger partial charge in [-0.25, -0.2) is 4.79 Å². The molecule has 0 aromatic heterocycles. The van der Waals surface area contributed by atoms with Gasteiger partial charge in [-0.3, -0.25) is 19.9 Å². The van der Waals surface area contributed by atoms with Crippen LogP contribution < -0.4 is 10.1 Å². The van der Waals surface area contributed by atoms with E-state index >= 15 is 0 Å². The van der Waals surface area contributed by atoms with Crippen LogP contribution in [0.1, 0.15) is 56.6 Å². The number of allylic oxidation sites excluding steroid dienone is 1. The van der Waals surface area contributed by atoms with E-state index in [1.807, 2.05) is 6.07 Å². The minimum absolute atomic E-state index is 0.132. The first-order valence-electron chi connectivity index (χ1n) is 14.4. The summed E-state index contributed by atoms with van der Waals surface area (Å²) in [4.78, 5) is 41.4. The SMILES string of the molecule is COC(=O)C1C(C)=NC(C)=C(C(=O)OCCCCCCNCC(O)COc2ccc(C#N)cc2)C1c1cccc([N+](=O)[O-])c1. The number of aliphatic imine (C=N–C) groups is 1. The van der Waals surface area contributed by atoms with Crippen molar-refractivity contribution in [2.45, 2.75) is 51.6 Å². The molecule has 0 saturated carbocycles. The number of nitriles is 1. The van der Waals surface area contributed by atoms with Gasteiger partial charge < -0.3 is 24.6 Å². The third kappa shape index (κ3) is 9.45. The molecule has 2 N–H and O–H groups in total. The largest absolute Gasteiger partial charge is 0.491 e. The summed E-state index contributed by atoms with van der Waals surface area (Å²) in [5.41, 5.74) is 1.82. The third-order valence-electron chi connectivity index (χ3n) is 7.23. The zero-order valence-corrected chi connectivity index (χ0v) is 25.2. The predicted octanol–water partition coefficient (Wildman–Crippen LogP) is 4.22. The summed E-state index contributed by atoms with van der Waals surface area (Å²) in [6.07, 6.45) is 2.51. The summed E-state index contributed by atoms with van der Waals surface area (Å²) in [7, 11) is 1.24. The van der Waals surface area contributed by atoms with Crippen LogP contribution in [0, 0.1) is 27.4 Å². The number of nitrogens with one attached hydrogen (secondary N) is 1. The first-order chi connectivity index (χ1) is 21.2. The van der Waals surface area contributed by atoms with Crippen LogP contribution in [0.2, 0.25) is 0 Å². The average Bonchev–Trinajstić information content (AvgIpc) is 3.02. The van der Waals surface area contributed by atoms with Gasteiger partial charge in [0.25, 0.3) is 5.69 Å². The predicted molar refractivity (Wildman–Crippen MR) is 162 cm³/mol. The van der Waals surface area contributed by atoms with Gasteiger partial charge in [-0.1, -0.05) is 25.0 Å². The van der Waals surface area contributed by atoms with Gasteiger partial charge in [0.05, 0.1) is 35.8 Å². The number of nitrogens with zero attached hydrogens (tertiary/aromatic N) is 3. The minimum Gasteiger partial charge on any atom is -0.491 e. The van der Waals surface area contributed by atoms with Crippen LogP contribution in [0.4, 0.5) is 5.69 Å². The van der Waals surface area contributed by atoms with Crippen molar-refractivity contribution in [1.29, 1.82) is 5.26 Å². The number of methoxy groups -OCH3 is 1. The van der Waals surface area contributed by atoms with Crippen molar-refractivity contribution in [3.63, 3.8) is 0 Å². The molecule has 1 aliphatic heterocycles. The summed E-state index contributed by atoms with van der Waals surface area (Å²) < 4.78 is 16.1. The van der Waals surface area contributed by atoms with Crippen molar-refractivity contribution in [3.05, 3.63) is 81.0 Å². The van der Waals surface area contributed by atoms with Gasteiger partial charge in [0, 0.05) is 36.0 Å². The van der Waals surface area contributed by atoms with E-state index < -0.39 is 34.8 Å². The quantitative estimate of drug-likeness (QED) is 0.122. The molecule has 0 radical (unpaired) electrons. The first kappa shape index (κ1) is 33.9. The number of ether oxygens (including phenoxy) is 3. The Hall–Kier alpha value is -4.60. The molecule has 0 aliphatic carbocycles. The van der Waals surface area contributed by atoms with Gasteiger partial charge >= 0.3 is 11.9 Å². The number of unbranched alkanes of at least 4 members (excludes halogenated alkanes) is 3. The van der Waals surface area contributed by atoms with Gasteiger partial charge in [0.15, 0.2) is 0 Å².